The van der Waals surface area contributed by atoms with Gasteiger partial charge in [-0.05, 0) is 31.2 Å². The van der Waals surface area contributed by atoms with Crippen LogP contribution < -0.4 is 0 Å². The van der Waals surface area contributed by atoms with Gasteiger partial charge in [0.2, 0.25) is 5.78 Å². The van der Waals surface area contributed by atoms with Crippen LogP contribution in [0.4, 0.5) is 0 Å². The molecule has 1 fully saturated rings. The summed E-state index contributed by atoms with van der Waals surface area (Å²) in [7, 11) is 0. The monoisotopic (exact) mass is 272 g/mol. The number of ketones is 1. The molecule has 4 heteroatoms. The summed E-state index contributed by atoms with van der Waals surface area (Å²) in [4.78, 5) is 13.2. The first-order chi connectivity index (χ1) is 8.19. The first-order valence-electron chi connectivity index (χ1n) is 6.11. The van der Waals surface area contributed by atoms with E-state index in [1.807, 2.05) is 12.3 Å². The SMILES string of the molecule is CCOC1(C(=O)c2sccc2Cl)CCCCC1. The minimum Gasteiger partial charge on any atom is -0.367 e. The summed E-state index contributed by atoms with van der Waals surface area (Å²) >= 11 is 7.46. The zero-order valence-corrected chi connectivity index (χ0v) is 11.6. The molecule has 0 aliphatic heterocycles. The number of hydrogen-bond acceptors (Lipinski definition) is 3. The first-order valence-corrected chi connectivity index (χ1v) is 7.37. The molecule has 1 aromatic heterocycles. The van der Waals surface area contributed by atoms with Crippen molar-refractivity contribution in [1.29, 1.82) is 0 Å². The van der Waals surface area contributed by atoms with Crippen molar-refractivity contribution >= 4 is 28.7 Å². The Morgan fingerprint density at radius 1 is 1.47 bits per heavy atom. The van der Waals surface area contributed by atoms with Crippen molar-refractivity contribution in [2.75, 3.05) is 6.61 Å². The van der Waals surface area contributed by atoms with Crippen molar-refractivity contribution in [2.24, 2.45) is 0 Å². The average molecular weight is 273 g/mol. The molecule has 1 aliphatic carbocycles. The van der Waals surface area contributed by atoms with E-state index in [9.17, 15) is 4.79 Å². The van der Waals surface area contributed by atoms with Gasteiger partial charge in [0.25, 0.3) is 0 Å². The summed E-state index contributed by atoms with van der Waals surface area (Å²) in [6.45, 7) is 2.52. The van der Waals surface area contributed by atoms with Gasteiger partial charge < -0.3 is 4.74 Å². The predicted molar refractivity (Wildman–Crippen MR) is 71.1 cm³/mol. The fourth-order valence-corrected chi connectivity index (χ4v) is 3.67. The average Bonchev–Trinajstić information content (AvgIpc) is 2.76. The maximum Gasteiger partial charge on any atom is 0.206 e. The van der Waals surface area contributed by atoms with Crippen molar-refractivity contribution in [2.45, 2.75) is 44.6 Å². The van der Waals surface area contributed by atoms with Crippen molar-refractivity contribution < 1.29 is 9.53 Å². The van der Waals surface area contributed by atoms with Crippen LogP contribution >= 0.6 is 22.9 Å². The Morgan fingerprint density at radius 3 is 2.71 bits per heavy atom. The lowest BCUT2D eigenvalue weighted by molar-refractivity contribution is -0.0408. The van der Waals surface area contributed by atoms with E-state index < -0.39 is 5.60 Å². The molecule has 0 unspecified atom stereocenters. The molecule has 1 aliphatic rings. The number of carbonyl (C=O) groups excluding carboxylic acids is 1. The standard InChI is InChI=1S/C13H17ClO2S/c1-2-16-13(7-4-3-5-8-13)12(15)11-10(14)6-9-17-11/h6,9H,2-5,7-8H2,1H3. The molecule has 0 radical (unpaired) electrons. The number of Topliss-reactive ketones (excluding diaryl/α,β-unsaturated/α-hetero) is 1. The molecule has 0 amide bonds. The topological polar surface area (TPSA) is 26.3 Å². The van der Waals surface area contributed by atoms with Crippen molar-refractivity contribution in [1.82, 2.24) is 0 Å². The molecule has 1 aromatic rings. The van der Waals surface area contributed by atoms with Crippen LogP contribution in [-0.4, -0.2) is 18.0 Å². The van der Waals surface area contributed by atoms with Gasteiger partial charge in [0.15, 0.2) is 0 Å². The third-order valence-corrected chi connectivity index (χ3v) is 4.66. The van der Waals surface area contributed by atoms with Gasteiger partial charge in [0.05, 0.1) is 9.90 Å². The Labute approximate surface area is 111 Å². The van der Waals surface area contributed by atoms with Gasteiger partial charge in [0, 0.05) is 6.61 Å². The lowest BCUT2D eigenvalue weighted by atomic mass is 9.81. The van der Waals surface area contributed by atoms with Crippen molar-refractivity contribution in [3.63, 3.8) is 0 Å². The Balaban J connectivity index is 2.27. The first kappa shape index (κ1) is 13.1. The van der Waals surface area contributed by atoms with E-state index in [0.29, 0.717) is 16.5 Å². The predicted octanol–water partition coefficient (Wildman–Crippen LogP) is 4.32. The zero-order chi connectivity index (χ0) is 12.3. The summed E-state index contributed by atoms with van der Waals surface area (Å²) in [6.07, 6.45) is 4.98. The lowest BCUT2D eigenvalue weighted by Gasteiger charge is -2.35. The quantitative estimate of drug-likeness (QED) is 0.763. The zero-order valence-electron chi connectivity index (χ0n) is 10.0. The second-order valence-electron chi connectivity index (χ2n) is 4.41. The molecule has 0 atom stereocenters. The highest BCUT2D eigenvalue weighted by Crippen LogP contribution is 2.37. The van der Waals surface area contributed by atoms with Crippen LogP contribution in [0.3, 0.4) is 0 Å². The Hall–Kier alpha value is -0.380. The van der Waals surface area contributed by atoms with Crippen LogP contribution in [0.5, 0.6) is 0 Å². The summed E-state index contributed by atoms with van der Waals surface area (Å²) in [5.41, 5.74) is -0.610. The van der Waals surface area contributed by atoms with Crippen LogP contribution in [-0.2, 0) is 4.74 Å². The largest absolute Gasteiger partial charge is 0.367 e. The molecule has 1 saturated carbocycles. The molecular formula is C13H17ClO2S. The van der Waals surface area contributed by atoms with Crippen molar-refractivity contribution in [3.05, 3.63) is 21.3 Å². The van der Waals surface area contributed by atoms with Gasteiger partial charge in [-0.1, -0.05) is 30.9 Å². The van der Waals surface area contributed by atoms with Gasteiger partial charge in [-0.15, -0.1) is 11.3 Å². The Kier molecular flexibility index (Phi) is 4.23. The molecule has 0 spiro atoms. The molecule has 1 heterocycles. The smallest absolute Gasteiger partial charge is 0.206 e. The van der Waals surface area contributed by atoms with Crippen LogP contribution in [0.1, 0.15) is 48.7 Å². The highest BCUT2D eigenvalue weighted by atomic mass is 35.5. The number of halogens is 1. The fraction of sp³-hybridized carbons (Fsp3) is 0.615. The van der Waals surface area contributed by atoms with Crippen LogP contribution in [0.15, 0.2) is 11.4 Å². The maximum atomic E-state index is 12.6. The van der Waals surface area contributed by atoms with Gasteiger partial charge in [-0.25, -0.2) is 0 Å². The van der Waals surface area contributed by atoms with Gasteiger partial charge >= 0.3 is 0 Å². The summed E-state index contributed by atoms with van der Waals surface area (Å²) in [5.74, 6) is 0.0825. The molecule has 0 N–H and O–H groups in total. The fourth-order valence-electron chi connectivity index (χ4n) is 2.50. The van der Waals surface area contributed by atoms with Crippen molar-refractivity contribution in [3.8, 4) is 0 Å². The molecule has 2 rings (SSSR count). The summed E-state index contributed by atoms with van der Waals surface area (Å²) < 4.78 is 5.81. The van der Waals surface area contributed by atoms with E-state index in [1.165, 1.54) is 17.8 Å². The molecule has 0 saturated heterocycles. The van der Waals surface area contributed by atoms with E-state index in [1.54, 1.807) is 6.07 Å². The summed E-state index contributed by atoms with van der Waals surface area (Å²) in [5, 5.41) is 2.42. The highest BCUT2D eigenvalue weighted by molar-refractivity contribution is 7.12. The number of carbonyl (C=O) groups is 1. The highest BCUT2D eigenvalue weighted by Gasteiger charge is 2.41. The number of thiophene rings is 1. The third-order valence-electron chi connectivity index (χ3n) is 3.32. The maximum absolute atomic E-state index is 12.6. The third kappa shape index (κ3) is 2.56. The van der Waals surface area contributed by atoms with E-state index in [0.717, 1.165) is 25.7 Å². The minimum absolute atomic E-state index is 0.0825. The van der Waals surface area contributed by atoms with E-state index >= 15 is 0 Å². The molecule has 2 nitrogen and oxygen atoms in total. The number of ether oxygens (including phenoxy) is 1. The normalized spacial score (nSPS) is 19.2. The minimum atomic E-state index is -0.610. The van der Waals surface area contributed by atoms with E-state index in [4.69, 9.17) is 16.3 Å². The van der Waals surface area contributed by atoms with Crippen LogP contribution in [0.25, 0.3) is 0 Å². The second kappa shape index (κ2) is 5.51. The summed E-state index contributed by atoms with van der Waals surface area (Å²) in [6, 6.07) is 1.78. The molecule has 94 valence electrons. The number of rotatable bonds is 4. The van der Waals surface area contributed by atoms with Crippen LogP contribution in [0.2, 0.25) is 5.02 Å². The lowest BCUT2D eigenvalue weighted by Crippen LogP contribution is -2.43. The van der Waals surface area contributed by atoms with Gasteiger partial charge in [-0.2, -0.15) is 0 Å². The Bertz CT molecular complexity index is 388. The van der Waals surface area contributed by atoms with Gasteiger partial charge in [0.1, 0.15) is 5.60 Å². The van der Waals surface area contributed by atoms with Crippen LogP contribution in [0, 0.1) is 0 Å². The number of hydrogen-bond donors (Lipinski definition) is 0. The molecule has 17 heavy (non-hydrogen) atoms. The molecule has 0 bridgehead atoms. The Morgan fingerprint density at radius 2 is 2.18 bits per heavy atom. The van der Waals surface area contributed by atoms with Gasteiger partial charge in [-0.3, -0.25) is 4.79 Å². The van der Waals surface area contributed by atoms with E-state index in [2.05, 4.69) is 0 Å². The molecular weight excluding hydrogens is 256 g/mol. The molecule has 0 aromatic carbocycles. The second-order valence-corrected chi connectivity index (χ2v) is 5.74. The van der Waals surface area contributed by atoms with E-state index in [-0.39, 0.29) is 5.78 Å².